The van der Waals surface area contributed by atoms with Gasteiger partial charge in [0.15, 0.2) is 5.69 Å². The highest BCUT2D eigenvalue weighted by atomic mass is 32.1. The summed E-state index contributed by atoms with van der Waals surface area (Å²) in [6.07, 6.45) is 2.27. The summed E-state index contributed by atoms with van der Waals surface area (Å²) in [5.41, 5.74) is 5.76. The van der Waals surface area contributed by atoms with Crippen LogP contribution in [0.3, 0.4) is 0 Å². The minimum Gasteiger partial charge on any atom is -0.394 e. The van der Waals surface area contributed by atoms with E-state index in [0.717, 1.165) is 4.88 Å². The summed E-state index contributed by atoms with van der Waals surface area (Å²) >= 11 is 1.65. The monoisotopic (exact) mass is 337 g/mol. The minimum atomic E-state index is -0.246. The first-order chi connectivity index (χ1) is 11.1. The van der Waals surface area contributed by atoms with E-state index in [4.69, 9.17) is 5.73 Å². The van der Waals surface area contributed by atoms with Gasteiger partial charge in [0, 0.05) is 16.3 Å². The lowest BCUT2D eigenvalue weighted by molar-refractivity contribution is 0.0560. The molecule has 0 spiro atoms. The number of carbonyl (C=O) groups excluding carboxylic acids is 1. The molecule has 0 saturated carbocycles. The fraction of sp³-hybridized carbons (Fsp3) is 0.533. The summed E-state index contributed by atoms with van der Waals surface area (Å²) in [5.74, 6) is -0.222. The van der Waals surface area contributed by atoms with Crippen molar-refractivity contribution >= 4 is 17.2 Å². The molecule has 0 saturated heterocycles. The number of aliphatic hydroxyl groups excluding tert-OH is 1. The summed E-state index contributed by atoms with van der Waals surface area (Å²) in [5, 5.41) is 17.5. The van der Waals surface area contributed by atoms with Gasteiger partial charge in [-0.25, -0.2) is 0 Å². The number of nitrogens with zero attached hydrogens (tertiary/aromatic N) is 4. The number of rotatable bonds is 8. The smallest absolute Gasteiger partial charge is 0.276 e. The Labute approximate surface area is 139 Å². The van der Waals surface area contributed by atoms with Crippen LogP contribution in [0.1, 0.15) is 33.6 Å². The maximum absolute atomic E-state index is 12.8. The van der Waals surface area contributed by atoms with Crippen LogP contribution in [0, 0.1) is 6.92 Å². The van der Waals surface area contributed by atoms with Gasteiger partial charge in [-0.2, -0.15) is 0 Å². The van der Waals surface area contributed by atoms with E-state index in [0.29, 0.717) is 26.1 Å². The molecule has 0 aliphatic heterocycles. The van der Waals surface area contributed by atoms with Crippen LogP contribution in [0.25, 0.3) is 0 Å². The van der Waals surface area contributed by atoms with Gasteiger partial charge in [0.25, 0.3) is 5.91 Å². The van der Waals surface area contributed by atoms with Crippen molar-refractivity contribution in [3.63, 3.8) is 0 Å². The van der Waals surface area contributed by atoms with Crippen molar-refractivity contribution in [2.24, 2.45) is 5.73 Å². The second-order valence-electron chi connectivity index (χ2n) is 5.35. The van der Waals surface area contributed by atoms with Gasteiger partial charge in [0.05, 0.1) is 31.9 Å². The summed E-state index contributed by atoms with van der Waals surface area (Å²) in [6.45, 7) is 5.31. The van der Waals surface area contributed by atoms with E-state index in [-0.39, 0.29) is 24.2 Å². The number of hydrogen-bond donors (Lipinski definition) is 2. The highest BCUT2D eigenvalue weighted by Gasteiger charge is 2.26. The van der Waals surface area contributed by atoms with E-state index in [1.54, 1.807) is 27.1 Å². The summed E-state index contributed by atoms with van der Waals surface area (Å²) < 4.78 is 1.56. The van der Waals surface area contributed by atoms with Gasteiger partial charge in [-0.05, 0) is 25.5 Å². The Kier molecular flexibility index (Phi) is 6.26. The normalized spacial score (nSPS) is 12.3. The Morgan fingerprint density at radius 1 is 1.52 bits per heavy atom. The van der Waals surface area contributed by atoms with Gasteiger partial charge in [-0.15, -0.1) is 16.4 Å². The number of amides is 1. The van der Waals surface area contributed by atoms with Crippen LogP contribution in [-0.4, -0.2) is 50.1 Å². The lowest BCUT2D eigenvalue weighted by Crippen LogP contribution is -2.41. The molecule has 1 unspecified atom stereocenters. The number of aliphatic hydroxyl groups is 1. The van der Waals surface area contributed by atoms with Gasteiger partial charge in [-0.3, -0.25) is 9.48 Å². The molecule has 7 nitrogen and oxygen atoms in total. The molecule has 2 heterocycles. The first kappa shape index (κ1) is 17.6. The van der Waals surface area contributed by atoms with E-state index in [9.17, 15) is 9.90 Å². The maximum atomic E-state index is 12.8. The molecule has 2 aromatic rings. The molecule has 0 fully saturated rings. The van der Waals surface area contributed by atoms with E-state index in [1.165, 1.54) is 4.88 Å². The molecular formula is C15H23N5O2S. The van der Waals surface area contributed by atoms with Crippen molar-refractivity contribution in [2.75, 3.05) is 13.2 Å². The molecule has 126 valence electrons. The average Bonchev–Trinajstić information content (AvgIpc) is 3.16. The number of thiophene rings is 1. The van der Waals surface area contributed by atoms with E-state index in [2.05, 4.69) is 10.3 Å². The number of nitrogens with two attached hydrogens (primary N) is 1. The minimum absolute atomic E-state index is 0.0798. The van der Waals surface area contributed by atoms with E-state index < -0.39 is 0 Å². The van der Waals surface area contributed by atoms with Gasteiger partial charge in [0.2, 0.25) is 0 Å². The SMILES string of the molecule is CCC(CO)N(Cc1ccc(C)s1)C(=O)c1cn(CCN)nn1. The van der Waals surface area contributed by atoms with E-state index >= 15 is 0 Å². The first-order valence-corrected chi connectivity index (χ1v) is 8.48. The molecule has 2 rings (SSSR count). The molecular weight excluding hydrogens is 314 g/mol. The highest BCUT2D eigenvalue weighted by molar-refractivity contribution is 7.11. The van der Waals surface area contributed by atoms with Gasteiger partial charge in [-0.1, -0.05) is 12.1 Å². The second kappa shape index (κ2) is 8.19. The fourth-order valence-corrected chi connectivity index (χ4v) is 3.23. The largest absolute Gasteiger partial charge is 0.394 e. The zero-order valence-corrected chi connectivity index (χ0v) is 14.3. The third-order valence-corrected chi connectivity index (χ3v) is 4.61. The van der Waals surface area contributed by atoms with Crippen molar-refractivity contribution in [2.45, 2.75) is 39.4 Å². The zero-order valence-electron chi connectivity index (χ0n) is 13.5. The van der Waals surface area contributed by atoms with Gasteiger partial charge in [0.1, 0.15) is 0 Å². The molecule has 0 radical (unpaired) electrons. The summed E-state index contributed by atoms with van der Waals surface area (Å²) in [4.78, 5) is 16.7. The highest BCUT2D eigenvalue weighted by Crippen LogP contribution is 2.20. The van der Waals surface area contributed by atoms with Crippen LogP contribution in [0.2, 0.25) is 0 Å². The molecule has 1 amide bonds. The number of aromatic nitrogens is 3. The third-order valence-electron chi connectivity index (χ3n) is 3.62. The first-order valence-electron chi connectivity index (χ1n) is 7.66. The van der Waals surface area contributed by atoms with Gasteiger partial charge < -0.3 is 15.7 Å². The topological polar surface area (TPSA) is 97.3 Å². The van der Waals surface area contributed by atoms with Crippen LogP contribution in [0.15, 0.2) is 18.3 Å². The molecule has 2 aromatic heterocycles. The number of carbonyl (C=O) groups is 1. The fourth-order valence-electron chi connectivity index (χ4n) is 2.34. The Bertz CT molecular complexity index is 635. The van der Waals surface area contributed by atoms with Crippen LogP contribution < -0.4 is 5.73 Å². The molecule has 0 aliphatic carbocycles. The number of aryl methyl sites for hydroxylation is 1. The van der Waals surface area contributed by atoms with Crippen molar-refractivity contribution in [3.05, 3.63) is 33.8 Å². The average molecular weight is 337 g/mol. The standard InChI is InChI=1S/C15H23N5O2S/c1-3-12(10-21)20(8-13-5-4-11(2)23-13)15(22)14-9-19(7-6-16)18-17-14/h4-5,9,12,21H,3,6-8,10,16H2,1-2H3. The van der Waals surface area contributed by atoms with E-state index in [1.807, 2.05) is 26.0 Å². The lowest BCUT2D eigenvalue weighted by atomic mass is 10.2. The predicted molar refractivity (Wildman–Crippen MR) is 89.2 cm³/mol. The molecule has 3 N–H and O–H groups in total. The van der Waals surface area contributed by atoms with Crippen LogP contribution in [0.4, 0.5) is 0 Å². The van der Waals surface area contributed by atoms with Crippen LogP contribution in [-0.2, 0) is 13.1 Å². The predicted octanol–water partition coefficient (Wildman–Crippen LogP) is 1.02. The van der Waals surface area contributed by atoms with Crippen molar-refractivity contribution in [1.29, 1.82) is 0 Å². The van der Waals surface area contributed by atoms with Crippen LogP contribution in [0.5, 0.6) is 0 Å². The van der Waals surface area contributed by atoms with Crippen molar-refractivity contribution in [1.82, 2.24) is 19.9 Å². The molecule has 1 atom stereocenters. The van der Waals surface area contributed by atoms with Gasteiger partial charge >= 0.3 is 0 Å². The molecule has 23 heavy (non-hydrogen) atoms. The third kappa shape index (κ3) is 4.37. The summed E-state index contributed by atoms with van der Waals surface area (Å²) in [6, 6.07) is 3.79. The summed E-state index contributed by atoms with van der Waals surface area (Å²) in [7, 11) is 0. The second-order valence-corrected chi connectivity index (χ2v) is 6.72. The molecule has 0 aromatic carbocycles. The Morgan fingerprint density at radius 3 is 2.87 bits per heavy atom. The maximum Gasteiger partial charge on any atom is 0.276 e. The molecule has 8 heteroatoms. The van der Waals surface area contributed by atoms with Crippen molar-refractivity contribution in [3.8, 4) is 0 Å². The lowest BCUT2D eigenvalue weighted by Gasteiger charge is -2.28. The quantitative estimate of drug-likeness (QED) is 0.749. The molecule has 0 aliphatic rings. The Hall–Kier alpha value is -1.77. The number of hydrogen-bond acceptors (Lipinski definition) is 6. The Balaban J connectivity index is 2.22. The Morgan fingerprint density at radius 2 is 2.30 bits per heavy atom. The van der Waals surface area contributed by atoms with Crippen molar-refractivity contribution < 1.29 is 9.90 Å². The molecule has 0 bridgehead atoms. The van der Waals surface area contributed by atoms with Crippen LogP contribution >= 0.6 is 11.3 Å². The zero-order chi connectivity index (χ0) is 16.8.